The number of halogens is 3. The van der Waals surface area contributed by atoms with Gasteiger partial charge in [-0.15, -0.1) is 11.8 Å². The largest absolute Gasteiger partial charge is 0.416 e. The number of benzene rings is 5. The van der Waals surface area contributed by atoms with Crippen molar-refractivity contribution in [2.45, 2.75) is 11.6 Å². The second kappa shape index (κ2) is 15.9. The second-order valence-electron chi connectivity index (χ2n) is 15.7. The smallest absolute Gasteiger partial charge is 0.354 e. The molecular weight excluding hydrogens is 824 g/mol. The SMILES string of the molecule is O=C1CSC(c2ccc(C(F)(F)F)cc2)N1c1ccc(-c2c3nc(c(-c4ccccc4)c4ccc([nH]4)c(-c4ccccc4)c4nc(c(-c5ccccc5)c5ccc2[nH]5)C=C4)C=C3)cc1. The van der Waals surface area contributed by atoms with Crippen molar-refractivity contribution in [2.75, 3.05) is 10.7 Å². The average Bonchev–Trinajstić information content (AvgIpc) is 4.19. The minimum atomic E-state index is -4.45. The number of aromatic amines is 2. The molecule has 0 saturated carbocycles. The van der Waals surface area contributed by atoms with Gasteiger partial charge in [0.25, 0.3) is 0 Å². The number of carbonyl (C=O) groups excluding carboxylic acids is 1. The van der Waals surface area contributed by atoms with Crippen molar-refractivity contribution in [1.29, 1.82) is 0 Å². The average molecular weight is 860 g/mol. The third-order valence-corrected chi connectivity index (χ3v) is 13.0. The van der Waals surface area contributed by atoms with Gasteiger partial charge in [-0.1, -0.05) is 115 Å². The molecule has 0 spiro atoms. The van der Waals surface area contributed by atoms with Gasteiger partial charge in [0.1, 0.15) is 5.37 Å². The highest BCUT2D eigenvalue weighted by Gasteiger charge is 2.36. The van der Waals surface area contributed by atoms with Crippen LogP contribution in [0.4, 0.5) is 18.9 Å². The van der Waals surface area contributed by atoms with E-state index >= 15 is 0 Å². The number of nitrogens with zero attached hydrogens (tertiary/aromatic N) is 3. The number of hydrogen-bond acceptors (Lipinski definition) is 4. The summed E-state index contributed by atoms with van der Waals surface area (Å²) in [7, 11) is 0. The lowest BCUT2D eigenvalue weighted by Crippen LogP contribution is -2.27. The van der Waals surface area contributed by atoms with Crippen LogP contribution in [0.2, 0.25) is 0 Å². The van der Waals surface area contributed by atoms with Crippen LogP contribution >= 0.6 is 11.8 Å². The van der Waals surface area contributed by atoms with Gasteiger partial charge in [-0.05, 0) is 101 Å². The maximum Gasteiger partial charge on any atom is 0.416 e. The molecule has 1 amide bonds. The number of fused-ring (bicyclic) bond motifs is 8. The zero-order valence-electron chi connectivity index (χ0n) is 34.0. The molecule has 310 valence electrons. The molecule has 3 aromatic heterocycles. The summed E-state index contributed by atoms with van der Waals surface area (Å²) in [5, 5.41) is -0.472. The number of anilines is 1. The fourth-order valence-electron chi connectivity index (χ4n) is 8.81. The standard InChI is InChI=1S/C54H36F3N5OS/c55-54(56,57)38-20-16-37(17-21-38)53-62(48(63)32-64-53)39-22-18-36(19-23-39)52-46-30-28-44(60-46)50(34-12-6-2-7-13-34)42-26-24-40(58-42)49(33-10-4-1-5-11-33)41-25-27-43(59-41)51(35-14-8-3-9-15-35)45-29-31-47(52)61-45/h1-31,53,58,61H,32H2. The fraction of sp³-hybridized carbons (Fsp3) is 0.0556. The van der Waals surface area contributed by atoms with E-state index in [1.165, 1.54) is 23.9 Å². The number of alkyl halides is 3. The molecule has 64 heavy (non-hydrogen) atoms. The maximum absolute atomic E-state index is 13.4. The maximum atomic E-state index is 13.4. The van der Waals surface area contributed by atoms with E-state index in [2.05, 4.69) is 88.9 Å². The summed E-state index contributed by atoms with van der Waals surface area (Å²) in [5.41, 5.74) is 14.8. The quantitative estimate of drug-likeness (QED) is 0.175. The Morgan fingerprint density at radius 2 is 0.859 bits per heavy atom. The second-order valence-corrected chi connectivity index (χ2v) is 16.8. The molecule has 2 N–H and O–H groups in total. The highest BCUT2D eigenvalue weighted by atomic mass is 32.2. The molecule has 11 rings (SSSR count). The summed E-state index contributed by atoms with van der Waals surface area (Å²) >= 11 is 1.39. The first-order valence-electron chi connectivity index (χ1n) is 20.8. The van der Waals surface area contributed by atoms with E-state index in [0.29, 0.717) is 11.3 Å². The predicted octanol–water partition coefficient (Wildman–Crippen LogP) is 14.1. The number of rotatable bonds is 6. The van der Waals surface area contributed by atoms with E-state index in [1.807, 2.05) is 84.9 Å². The van der Waals surface area contributed by atoms with Gasteiger partial charge in [0.2, 0.25) is 5.91 Å². The molecule has 1 fully saturated rings. The highest BCUT2D eigenvalue weighted by Crippen LogP contribution is 2.44. The predicted molar refractivity (Wildman–Crippen MR) is 255 cm³/mol. The number of hydrogen-bond donors (Lipinski definition) is 2. The lowest BCUT2D eigenvalue weighted by molar-refractivity contribution is -0.137. The number of aromatic nitrogens is 4. The molecule has 8 bridgehead atoms. The van der Waals surface area contributed by atoms with Gasteiger partial charge in [0.15, 0.2) is 0 Å². The molecule has 6 heterocycles. The van der Waals surface area contributed by atoms with Crippen LogP contribution in [0, 0.1) is 0 Å². The highest BCUT2D eigenvalue weighted by molar-refractivity contribution is 8.00. The number of amides is 1. The third-order valence-electron chi connectivity index (χ3n) is 11.8. The van der Waals surface area contributed by atoms with Gasteiger partial charge in [-0.2, -0.15) is 13.2 Å². The Labute approximate surface area is 370 Å². The van der Waals surface area contributed by atoms with Crippen molar-refractivity contribution < 1.29 is 18.0 Å². The van der Waals surface area contributed by atoms with E-state index in [-0.39, 0.29) is 11.7 Å². The monoisotopic (exact) mass is 859 g/mol. The van der Waals surface area contributed by atoms with Crippen LogP contribution in [0.15, 0.2) is 164 Å². The third kappa shape index (κ3) is 7.11. The summed E-state index contributed by atoms with van der Waals surface area (Å²) in [6, 6.07) is 52.0. The van der Waals surface area contributed by atoms with Crippen molar-refractivity contribution in [3.05, 3.63) is 198 Å². The van der Waals surface area contributed by atoms with Crippen LogP contribution in [0.5, 0.6) is 0 Å². The molecule has 0 aliphatic carbocycles. The van der Waals surface area contributed by atoms with Crippen molar-refractivity contribution in [3.8, 4) is 44.5 Å². The van der Waals surface area contributed by atoms with Crippen molar-refractivity contribution in [1.82, 2.24) is 19.9 Å². The topological polar surface area (TPSA) is 77.7 Å². The molecule has 1 unspecified atom stereocenters. The van der Waals surface area contributed by atoms with Crippen LogP contribution < -0.4 is 4.90 Å². The van der Waals surface area contributed by atoms with Crippen LogP contribution in [0.3, 0.4) is 0 Å². The van der Waals surface area contributed by atoms with Crippen molar-refractivity contribution in [2.24, 2.45) is 0 Å². The minimum Gasteiger partial charge on any atom is -0.354 e. The lowest BCUT2D eigenvalue weighted by atomic mass is 10.0. The van der Waals surface area contributed by atoms with Gasteiger partial charge in [0, 0.05) is 50.0 Å². The van der Waals surface area contributed by atoms with Crippen LogP contribution in [-0.2, 0) is 11.0 Å². The Morgan fingerprint density at radius 1 is 0.484 bits per heavy atom. The molecule has 8 aromatic rings. The molecule has 0 radical (unpaired) electrons. The van der Waals surface area contributed by atoms with Crippen LogP contribution in [0.1, 0.15) is 39.3 Å². The molecular formula is C54H36F3N5OS. The summed E-state index contributed by atoms with van der Waals surface area (Å²) in [4.78, 5) is 33.4. The Balaban J connectivity index is 1.15. The Morgan fingerprint density at radius 3 is 1.23 bits per heavy atom. The Hall–Kier alpha value is -7.69. The molecule has 10 heteroatoms. The van der Waals surface area contributed by atoms with Gasteiger partial charge in [-0.3, -0.25) is 9.69 Å². The first-order chi connectivity index (χ1) is 31.3. The van der Waals surface area contributed by atoms with E-state index < -0.39 is 17.1 Å². The van der Waals surface area contributed by atoms with Crippen LogP contribution in [0.25, 0.3) is 90.9 Å². The van der Waals surface area contributed by atoms with Gasteiger partial charge in [-0.25, -0.2) is 9.97 Å². The number of H-pyrrole nitrogens is 2. The van der Waals surface area contributed by atoms with Gasteiger partial charge in [0.05, 0.1) is 34.1 Å². The van der Waals surface area contributed by atoms with Crippen molar-refractivity contribution in [3.63, 3.8) is 0 Å². The summed E-state index contributed by atoms with van der Waals surface area (Å²) in [6.07, 6.45) is 3.81. The van der Waals surface area contributed by atoms with Gasteiger partial charge < -0.3 is 9.97 Å². The van der Waals surface area contributed by atoms with Crippen molar-refractivity contribution >= 4 is 69.7 Å². The van der Waals surface area contributed by atoms with Crippen LogP contribution in [-0.4, -0.2) is 31.6 Å². The van der Waals surface area contributed by atoms with E-state index in [9.17, 15) is 18.0 Å². The first-order valence-corrected chi connectivity index (χ1v) is 21.9. The van der Waals surface area contributed by atoms with E-state index in [0.717, 1.165) is 101 Å². The summed E-state index contributed by atoms with van der Waals surface area (Å²) in [5.74, 6) is 0.0966. The zero-order chi connectivity index (χ0) is 43.4. The number of nitrogens with one attached hydrogen (secondary N) is 2. The normalized spacial score (nSPS) is 14.7. The lowest BCUT2D eigenvalue weighted by Gasteiger charge is -2.25. The van der Waals surface area contributed by atoms with E-state index in [1.54, 1.807) is 4.90 Å². The number of carbonyl (C=O) groups is 1. The van der Waals surface area contributed by atoms with E-state index in [4.69, 9.17) is 9.97 Å². The molecule has 5 aromatic carbocycles. The number of thioether (sulfide) groups is 1. The Kier molecular flexibility index (Phi) is 9.73. The van der Waals surface area contributed by atoms with Gasteiger partial charge >= 0.3 is 6.18 Å². The molecule has 6 nitrogen and oxygen atoms in total. The minimum absolute atomic E-state index is 0.116. The molecule has 3 aliphatic rings. The Bertz CT molecular complexity index is 3290. The fourth-order valence-corrected chi connectivity index (χ4v) is 9.99. The zero-order valence-corrected chi connectivity index (χ0v) is 34.8. The first kappa shape index (κ1) is 39.2. The molecule has 1 atom stereocenters. The molecule has 1 saturated heterocycles. The summed E-state index contributed by atoms with van der Waals surface area (Å²) in [6.45, 7) is 0. The summed E-state index contributed by atoms with van der Waals surface area (Å²) < 4.78 is 40.2. The molecule has 3 aliphatic heterocycles.